The van der Waals surface area contributed by atoms with Crippen LogP contribution in [0.25, 0.3) is 0 Å². The maximum absolute atomic E-state index is 9.93. The van der Waals surface area contributed by atoms with E-state index in [2.05, 4.69) is 10.3 Å². The molecular weight excluding hydrogens is 110 g/mol. The predicted octanol–water partition coefficient (Wildman–Crippen LogP) is -0.515. The van der Waals surface area contributed by atoms with Gasteiger partial charge in [0.25, 0.3) is 0 Å². The highest BCUT2D eigenvalue weighted by Crippen LogP contribution is 1.65. The molecule has 0 aromatic heterocycles. The standard InChI is InChI=1S/C4H8NO3/c1-4(7)8-5-2-3-6/h5H,2-3H2,1H3. The summed E-state index contributed by atoms with van der Waals surface area (Å²) in [5.74, 6) is -0.432. The van der Waals surface area contributed by atoms with Crippen molar-refractivity contribution in [2.75, 3.05) is 13.2 Å². The van der Waals surface area contributed by atoms with E-state index in [0.717, 1.165) is 0 Å². The van der Waals surface area contributed by atoms with Crippen molar-refractivity contribution in [3.05, 3.63) is 0 Å². The zero-order chi connectivity index (χ0) is 6.41. The van der Waals surface area contributed by atoms with E-state index in [4.69, 9.17) is 0 Å². The van der Waals surface area contributed by atoms with Crippen LogP contribution in [0.2, 0.25) is 0 Å². The largest absolute Gasteiger partial charge is 0.371 e. The lowest BCUT2D eigenvalue weighted by Gasteiger charge is -1.97. The van der Waals surface area contributed by atoms with Crippen LogP contribution in [0, 0.1) is 0 Å². The van der Waals surface area contributed by atoms with Crippen molar-refractivity contribution < 1.29 is 14.7 Å². The lowest BCUT2D eigenvalue weighted by Crippen LogP contribution is -2.20. The smallest absolute Gasteiger partial charge is 0.321 e. The third-order valence-corrected chi connectivity index (χ3v) is 0.420. The first-order valence-corrected chi connectivity index (χ1v) is 2.25. The molecule has 4 nitrogen and oxygen atoms in total. The number of rotatable bonds is 3. The van der Waals surface area contributed by atoms with Crippen molar-refractivity contribution in [2.24, 2.45) is 0 Å². The van der Waals surface area contributed by atoms with Gasteiger partial charge in [0.2, 0.25) is 0 Å². The van der Waals surface area contributed by atoms with Crippen LogP contribution in [0.4, 0.5) is 0 Å². The van der Waals surface area contributed by atoms with Gasteiger partial charge < -0.3 is 4.84 Å². The summed E-state index contributed by atoms with van der Waals surface area (Å²) in [4.78, 5) is 14.1. The molecule has 0 bridgehead atoms. The second-order valence-electron chi connectivity index (χ2n) is 1.19. The summed E-state index contributed by atoms with van der Waals surface area (Å²) in [7, 11) is 0. The molecule has 0 aliphatic heterocycles. The number of hydrogen-bond acceptors (Lipinski definition) is 3. The Labute approximate surface area is 47.4 Å². The van der Waals surface area contributed by atoms with Crippen LogP contribution in [0.15, 0.2) is 0 Å². The number of hydroxylamine groups is 1. The number of hydrogen-bond donors (Lipinski definition) is 1. The van der Waals surface area contributed by atoms with E-state index in [0.29, 0.717) is 0 Å². The highest BCUT2D eigenvalue weighted by molar-refractivity contribution is 5.65. The van der Waals surface area contributed by atoms with Gasteiger partial charge >= 0.3 is 5.97 Å². The molecule has 0 spiro atoms. The molecule has 1 N–H and O–H groups in total. The first-order valence-electron chi connectivity index (χ1n) is 2.25. The Kier molecular flexibility index (Phi) is 4.20. The van der Waals surface area contributed by atoms with Crippen molar-refractivity contribution in [1.82, 2.24) is 5.48 Å². The van der Waals surface area contributed by atoms with Crippen LogP contribution >= 0.6 is 0 Å². The number of nitrogens with one attached hydrogen (secondary N) is 1. The molecule has 0 atom stereocenters. The zero-order valence-corrected chi connectivity index (χ0v) is 4.64. The molecule has 0 rings (SSSR count). The zero-order valence-electron chi connectivity index (χ0n) is 4.64. The summed E-state index contributed by atoms with van der Waals surface area (Å²) in [6.07, 6.45) is 0. The second-order valence-corrected chi connectivity index (χ2v) is 1.19. The molecule has 1 radical (unpaired) electrons. The van der Waals surface area contributed by atoms with E-state index in [1.807, 2.05) is 0 Å². The van der Waals surface area contributed by atoms with Crippen molar-refractivity contribution in [3.63, 3.8) is 0 Å². The third-order valence-electron chi connectivity index (χ3n) is 0.420. The summed E-state index contributed by atoms with van der Waals surface area (Å²) in [6, 6.07) is 0. The number of carbonyl (C=O) groups excluding carboxylic acids is 1. The molecule has 0 aliphatic carbocycles. The Morgan fingerprint density at radius 2 is 2.38 bits per heavy atom. The summed E-state index contributed by atoms with van der Waals surface area (Å²) >= 11 is 0. The van der Waals surface area contributed by atoms with Crippen LogP contribution in [0.1, 0.15) is 6.92 Å². The van der Waals surface area contributed by atoms with Gasteiger partial charge in [0, 0.05) is 6.92 Å². The van der Waals surface area contributed by atoms with Gasteiger partial charge in [-0.25, -0.2) is 5.11 Å². The minimum Gasteiger partial charge on any atom is -0.371 e. The highest BCUT2D eigenvalue weighted by Gasteiger charge is 1.88. The first kappa shape index (κ1) is 7.39. The van der Waals surface area contributed by atoms with Crippen LogP contribution in [-0.4, -0.2) is 19.1 Å². The van der Waals surface area contributed by atoms with Crippen LogP contribution in [0.3, 0.4) is 0 Å². The number of carbonyl (C=O) groups is 1. The lowest BCUT2D eigenvalue weighted by molar-refractivity contribution is -0.148. The average molecular weight is 118 g/mol. The average Bonchev–Trinajstić information content (AvgIpc) is 1.66. The topological polar surface area (TPSA) is 58.2 Å². The van der Waals surface area contributed by atoms with Gasteiger partial charge in [0.15, 0.2) is 0 Å². The monoisotopic (exact) mass is 118 g/mol. The quantitative estimate of drug-likeness (QED) is 0.401. The molecule has 0 saturated heterocycles. The van der Waals surface area contributed by atoms with Crippen LogP contribution in [0.5, 0.6) is 0 Å². The molecule has 0 fully saturated rings. The minimum atomic E-state index is -0.432. The maximum Gasteiger partial charge on any atom is 0.321 e. The molecule has 0 heterocycles. The molecule has 0 aromatic carbocycles. The first-order chi connectivity index (χ1) is 3.77. The summed E-state index contributed by atoms with van der Waals surface area (Å²) in [5, 5.41) is 9.66. The van der Waals surface area contributed by atoms with E-state index in [9.17, 15) is 9.90 Å². The Hall–Kier alpha value is -0.610. The van der Waals surface area contributed by atoms with Crippen molar-refractivity contribution in [3.8, 4) is 0 Å². The maximum atomic E-state index is 9.93. The van der Waals surface area contributed by atoms with Gasteiger partial charge in [-0.15, -0.1) is 0 Å². The molecule has 0 unspecified atom stereocenters. The van der Waals surface area contributed by atoms with E-state index >= 15 is 0 Å². The van der Waals surface area contributed by atoms with Crippen molar-refractivity contribution in [2.45, 2.75) is 6.92 Å². The molecule has 0 amide bonds. The fourth-order valence-corrected chi connectivity index (χ4v) is 0.194. The SMILES string of the molecule is CC(=O)ONCC[O]. The van der Waals surface area contributed by atoms with E-state index < -0.39 is 5.97 Å². The van der Waals surface area contributed by atoms with Crippen molar-refractivity contribution in [1.29, 1.82) is 0 Å². The van der Waals surface area contributed by atoms with Crippen LogP contribution < -0.4 is 5.48 Å². The lowest BCUT2D eigenvalue weighted by atomic mass is 10.7. The third kappa shape index (κ3) is 5.39. The van der Waals surface area contributed by atoms with E-state index in [1.165, 1.54) is 6.92 Å². The summed E-state index contributed by atoms with van der Waals surface area (Å²) < 4.78 is 0. The second kappa shape index (κ2) is 4.55. The van der Waals surface area contributed by atoms with Gasteiger partial charge in [0.1, 0.15) is 0 Å². The van der Waals surface area contributed by atoms with Gasteiger partial charge in [-0.1, -0.05) is 0 Å². The molecular formula is C4H8NO3. The van der Waals surface area contributed by atoms with Gasteiger partial charge in [-0.3, -0.25) is 4.79 Å². The fraction of sp³-hybridized carbons (Fsp3) is 0.750. The highest BCUT2D eigenvalue weighted by atomic mass is 16.7. The Balaban J connectivity index is 2.82. The Morgan fingerprint density at radius 3 is 2.75 bits per heavy atom. The summed E-state index contributed by atoms with van der Waals surface area (Å²) in [5.41, 5.74) is 2.17. The van der Waals surface area contributed by atoms with Crippen molar-refractivity contribution >= 4 is 5.97 Å². The summed E-state index contributed by atoms with van der Waals surface area (Å²) in [6.45, 7) is 1.14. The Bertz CT molecular complexity index is 73.7. The van der Waals surface area contributed by atoms with Gasteiger partial charge in [-0.05, 0) is 0 Å². The predicted molar refractivity (Wildman–Crippen MR) is 25.3 cm³/mol. The minimum absolute atomic E-state index is 0.166. The van der Waals surface area contributed by atoms with Gasteiger partial charge in [-0.2, -0.15) is 5.48 Å². The molecule has 47 valence electrons. The fourth-order valence-electron chi connectivity index (χ4n) is 0.194. The molecule has 4 heteroatoms. The molecule has 0 aliphatic rings. The van der Waals surface area contributed by atoms with Gasteiger partial charge in [0.05, 0.1) is 13.2 Å². The molecule has 0 saturated carbocycles. The Morgan fingerprint density at radius 1 is 1.75 bits per heavy atom. The van der Waals surface area contributed by atoms with E-state index in [1.54, 1.807) is 0 Å². The normalized spacial score (nSPS) is 8.75. The molecule has 8 heavy (non-hydrogen) atoms. The molecule has 0 aromatic rings. The van der Waals surface area contributed by atoms with E-state index in [-0.39, 0.29) is 13.2 Å². The van der Waals surface area contributed by atoms with Crippen LogP contribution in [-0.2, 0) is 14.7 Å².